The van der Waals surface area contributed by atoms with Crippen molar-refractivity contribution in [3.8, 4) is 0 Å². The van der Waals surface area contributed by atoms with Crippen LogP contribution < -0.4 is 5.32 Å². The van der Waals surface area contributed by atoms with Crippen molar-refractivity contribution in [2.75, 3.05) is 7.05 Å². The molecule has 114 valence electrons. The molecule has 0 saturated heterocycles. The van der Waals surface area contributed by atoms with E-state index in [-0.39, 0.29) is 0 Å². The number of aryl methyl sites for hydroxylation is 2. The maximum absolute atomic E-state index is 6.44. The second kappa shape index (κ2) is 7.43. The van der Waals surface area contributed by atoms with Gasteiger partial charge in [-0.05, 0) is 31.5 Å². The summed E-state index contributed by atoms with van der Waals surface area (Å²) in [5, 5.41) is 8.69. The molecule has 0 saturated carbocycles. The number of benzene rings is 1. The summed E-state index contributed by atoms with van der Waals surface area (Å²) in [6, 6.07) is 8.65. The highest BCUT2D eigenvalue weighted by Crippen LogP contribution is 2.24. The van der Waals surface area contributed by atoms with Crippen LogP contribution in [-0.4, -0.2) is 22.9 Å². The summed E-state index contributed by atoms with van der Waals surface area (Å²) in [6.07, 6.45) is 2.67. The molecule has 0 aliphatic rings. The summed E-state index contributed by atoms with van der Waals surface area (Å²) in [5.41, 5.74) is 3.37. The number of rotatable bonds is 6. The highest BCUT2D eigenvalue weighted by atomic mass is 79.9. The summed E-state index contributed by atoms with van der Waals surface area (Å²) in [7, 11) is 3.96. The van der Waals surface area contributed by atoms with Crippen LogP contribution >= 0.6 is 27.5 Å². The molecule has 1 heterocycles. The third-order valence-corrected chi connectivity index (χ3v) is 4.99. The van der Waals surface area contributed by atoms with Gasteiger partial charge in [-0.25, -0.2) is 0 Å². The van der Waals surface area contributed by atoms with E-state index in [2.05, 4.69) is 51.5 Å². The molecule has 0 bridgehead atoms. The summed E-state index contributed by atoms with van der Waals surface area (Å²) in [5.74, 6) is 0. The zero-order valence-electron chi connectivity index (χ0n) is 12.7. The molecule has 2 rings (SSSR count). The molecule has 1 N–H and O–H groups in total. The maximum atomic E-state index is 6.44. The van der Waals surface area contributed by atoms with Crippen molar-refractivity contribution in [1.29, 1.82) is 0 Å². The molecule has 5 heteroatoms. The van der Waals surface area contributed by atoms with E-state index in [4.69, 9.17) is 11.6 Å². The number of hydrogen-bond acceptors (Lipinski definition) is 2. The van der Waals surface area contributed by atoms with Crippen LogP contribution in [0, 0.1) is 0 Å². The molecule has 0 aliphatic heterocycles. The van der Waals surface area contributed by atoms with Crippen LogP contribution in [0.3, 0.4) is 0 Å². The summed E-state index contributed by atoms with van der Waals surface area (Å²) in [4.78, 5) is 0. The van der Waals surface area contributed by atoms with Gasteiger partial charge in [0, 0.05) is 24.0 Å². The van der Waals surface area contributed by atoms with Crippen molar-refractivity contribution < 1.29 is 0 Å². The molecule has 1 aromatic heterocycles. The highest BCUT2D eigenvalue weighted by Gasteiger charge is 2.18. The molecular weight excluding hydrogens is 350 g/mol. The predicted octanol–water partition coefficient (Wildman–Crippen LogP) is 3.77. The van der Waals surface area contributed by atoms with Gasteiger partial charge in [0.25, 0.3) is 0 Å². The molecule has 1 unspecified atom stereocenters. The smallest absolute Gasteiger partial charge is 0.0850 e. The Morgan fingerprint density at radius 1 is 1.33 bits per heavy atom. The minimum absolute atomic E-state index is 0.321. The lowest BCUT2D eigenvalue weighted by Gasteiger charge is -2.17. The van der Waals surface area contributed by atoms with Crippen molar-refractivity contribution in [1.82, 2.24) is 15.1 Å². The molecule has 0 aliphatic carbocycles. The van der Waals surface area contributed by atoms with E-state index in [9.17, 15) is 0 Å². The van der Waals surface area contributed by atoms with E-state index in [0.717, 1.165) is 40.1 Å². The first-order valence-corrected chi connectivity index (χ1v) is 8.34. The van der Waals surface area contributed by atoms with Crippen LogP contribution in [0.4, 0.5) is 0 Å². The van der Waals surface area contributed by atoms with Crippen LogP contribution in [0.1, 0.15) is 23.9 Å². The monoisotopic (exact) mass is 369 g/mol. The van der Waals surface area contributed by atoms with Gasteiger partial charge in [0.2, 0.25) is 0 Å². The first kappa shape index (κ1) is 16.5. The Morgan fingerprint density at radius 3 is 2.62 bits per heavy atom. The van der Waals surface area contributed by atoms with Crippen molar-refractivity contribution in [2.45, 2.75) is 32.2 Å². The Balaban J connectivity index is 2.16. The van der Waals surface area contributed by atoms with E-state index in [1.807, 2.05) is 24.8 Å². The summed E-state index contributed by atoms with van der Waals surface area (Å²) in [6.45, 7) is 2.08. The molecule has 0 spiro atoms. The molecule has 1 atom stereocenters. The van der Waals surface area contributed by atoms with Gasteiger partial charge in [-0.3, -0.25) is 4.68 Å². The first-order chi connectivity index (χ1) is 10.1. The van der Waals surface area contributed by atoms with Crippen molar-refractivity contribution >= 4 is 27.5 Å². The van der Waals surface area contributed by atoms with Crippen molar-refractivity contribution in [3.63, 3.8) is 0 Å². The molecule has 3 nitrogen and oxygen atoms in total. The van der Waals surface area contributed by atoms with E-state index in [1.54, 1.807) is 0 Å². The zero-order chi connectivity index (χ0) is 15.4. The molecule has 0 radical (unpaired) electrons. The minimum atomic E-state index is 0.321. The number of nitrogens with zero attached hydrogens (tertiary/aromatic N) is 2. The topological polar surface area (TPSA) is 29.9 Å². The molecular formula is C16H21BrClN3. The zero-order valence-corrected chi connectivity index (χ0v) is 15.0. The normalized spacial score (nSPS) is 12.6. The number of hydrogen-bond donors (Lipinski definition) is 1. The molecule has 1 aromatic carbocycles. The van der Waals surface area contributed by atoms with Crippen LogP contribution in [0.15, 0.2) is 28.7 Å². The lowest BCUT2D eigenvalue weighted by molar-refractivity contribution is 0.533. The van der Waals surface area contributed by atoms with Gasteiger partial charge < -0.3 is 5.32 Å². The van der Waals surface area contributed by atoms with Gasteiger partial charge >= 0.3 is 0 Å². The van der Waals surface area contributed by atoms with E-state index >= 15 is 0 Å². The third-order valence-electron chi connectivity index (χ3n) is 3.78. The van der Waals surface area contributed by atoms with Crippen LogP contribution in [0.5, 0.6) is 0 Å². The Bertz CT molecular complexity index is 610. The predicted molar refractivity (Wildman–Crippen MR) is 92.0 cm³/mol. The Hall–Kier alpha value is -0.840. The Labute approximate surface area is 139 Å². The number of halogens is 2. The first-order valence-electron chi connectivity index (χ1n) is 7.17. The fraction of sp³-hybridized carbons (Fsp3) is 0.438. The van der Waals surface area contributed by atoms with Gasteiger partial charge in [0.1, 0.15) is 0 Å². The minimum Gasteiger partial charge on any atom is -0.316 e. The maximum Gasteiger partial charge on any atom is 0.0850 e. The van der Waals surface area contributed by atoms with Gasteiger partial charge in [0.15, 0.2) is 0 Å². The number of aromatic nitrogens is 2. The van der Waals surface area contributed by atoms with Gasteiger partial charge in [0.05, 0.1) is 16.4 Å². The second-order valence-corrected chi connectivity index (χ2v) is 6.40. The largest absolute Gasteiger partial charge is 0.316 e. The lowest BCUT2D eigenvalue weighted by Crippen LogP contribution is -2.31. The second-order valence-electron chi connectivity index (χ2n) is 5.17. The average Bonchev–Trinajstić information content (AvgIpc) is 2.75. The van der Waals surface area contributed by atoms with Gasteiger partial charge in [-0.1, -0.05) is 52.7 Å². The summed E-state index contributed by atoms with van der Waals surface area (Å²) < 4.78 is 3.06. The Morgan fingerprint density at radius 2 is 2.05 bits per heavy atom. The van der Waals surface area contributed by atoms with Crippen molar-refractivity contribution in [2.24, 2.45) is 7.05 Å². The fourth-order valence-corrected chi connectivity index (χ4v) is 3.30. The molecule has 21 heavy (non-hydrogen) atoms. The fourth-order valence-electron chi connectivity index (χ4n) is 2.48. The average molecular weight is 371 g/mol. The number of nitrogens with one attached hydrogen (secondary N) is 1. The third kappa shape index (κ3) is 3.87. The highest BCUT2D eigenvalue weighted by molar-refractivity contribution is 9.10. The standard InChI is InChI=1S/C16H21BrClN3/c1-4-14-16(18)15(21(3)20-14)10-12(19-2)9-11-7-5-6-8-13(11)17/h5-8,12,19H,4,9-10H2,1-3H3. The molecule has 0 amide bonds. The van der Waals surface area contributed by atoms with Crippen LogP contribution in [0.2, 0.25) is 5.02 Å². The van der Waals surface area contributed by atoms with Crippen LogP contribution in [0.25, 0.3) is 0 Å². The Kier molecular flexibility index (Phi) is 5.85. The van der Waals surface area contributed by atoms with E-state index in [1.165, 1.54) is 5.56 Å². The lowest BCUT2D eigenvalue weighted by atomic mass is 10.0. The van der Waals surface area contributed by atoms with Crippen LogP contribution in [-0.2, 0) is 26.3 Å². The molecule has 2 aromatic rings. The van der Waals surface area contributed by atoms with Crippen molar-refractivity contribution in [3.05, 3.63) is 50.7 Å². The SMILES string of the molecule is CCc1nn(C)c(CC(Cc2ccccc2Br)NC)c1Cl. The summed E-state index contributed by atoms with van der Waals surface area (Å²) >= 11 is 10.1. The van der Waals surface area contributed by atoms with E-state index < -0.39 is 0 Å². The van der Waals surface area contributed by atoms with E-state index in [0.29, 0.717) is 6.04 Å². The quantitative estimate of drug-likeness (QED) is 0.839. The van der Waals surface area contributed by atoms with Gasteiger partial charge in [-0.15, -0.1) is 0 Å². The number of likely N-dealkylation sites (N-methyl/N-ethyl adjacent to an activating group) is 1. The van der Waals surface area contributed by atoms with Gasteiger partial charge in [-0.2, -0.15) is 5.10 Å². The molecule has 0 fully saturated rings.